The molecule has 31 heavy (non-hydrogen) atoms. The molecule has 0 saturated heterocycles. The van der Waals surface area contributed by atoms with E-state index < -0.39 is 28.5 Å². The van der Waals surface area contributed by atoms with Gasteiger partial charge in [-0.1, -0.05) is 48.0 Å². The Hall–Kier alpha value is -2.87. The maximum Gasteiger partial charge on any atom is 0.244 e. The molecular weight excluding hydrogens is 414 g/mol. The van der Waals surface area contributed by atoms with E-state index in [0.717, 1.165) is 32.8 Å². The van der Waals surface area contributed by atoms with Gasteiger partial charge in [0, 0.05) is 13.6 Å². The number of benzene rings is 2. The van der Waals surface area contributed by atoms with Crippen molar-refractivity contribution >= 4 is 27.5 Å². The van der Waals surface area contributed by atoms with Gasteiger partial charge in [-0.05, 0) is 44.4 Å². The Morgan fingerprint density at radius 1 is 1.03 bits per heavy atom. The summed E-state index contributed by atoms with van der Waals surface area (Å²) in [7, 11) is -2.23. The first kappa shape index (κ1) is 24.4. The highest BCUT2D eigenvalue weighted by molar-refractivity contribution is 7.92. The Morgan fingerprint density at radius 2 is 1.61 bits per heavy atom. The molecule has 1 atom stereocenters. The SMILES string of the molecule is CNC(=O)[C@@H](C)N(Cc1cccc(C)c1)C(=O)CN(c1c(C)cccc1C)S(C)(=O)=O. The van der Waals surface area contributed by atoms with Crippen LogP contribution in [0.1, 0.15) is 29.2 Å². The van der Waals surface area contributed by atoms with Gasteiger partial charge in [-0.2, -0.15) is 0 Å². The molecule has 168 valence electrons. The molecule has 0 unspecified atom stereocenters. The minimum atomic E-state index is -3.74. The van der Waals surface area contributed by atoms with Crippen molar-refractivity contribution in [2.24, 2.45) is 0 Å². The number of anilines is 1. The lowest BCUT2D eigenvalue weighted by atomic mass is 10.1. The number of carbonyl (C=O) groups is 2. The lowest BCUT2D eigenvalue weighted by Crippen LogP contribution is -2.50. The molecule has 8 heteroatoms. The molecule has 0 aromatic heterocycles. The molecule has 0 aliphatic carbocycles. The summed E-state index contributed by atoms with van der Waals surface area (Å²) in [6, 6.07) is 12.3. The van der Waals surface area contributed by atoms with Crippen molar-refractivity contribution in [2.45, 2.75) is 40.3 Å². The summed E-state index contributed by atoms with van der Waals surface area (Å²) in [5.41, 5.74) is 3.89. The molecule has 0 bridgehead atoms. The van der Waals surface area contributed by atoms with Gasteiger partial charge in [-0.15, -0.1) is 0 Å². The van der Waals surface area contributed by atoms with E-state index >= 15 is 0 Å². The molecule has 2 rings (SSSR count). The Balaban J connectivity index is 2.45. The third kappa shape index (κ3) is 6.07. The second-order valence-corrected chi connectivity index (χ2v) is 9.72. The number of likely N-dealkylation sites (N-methyl/N-ethyl adjacent to an activating group) is 1. The zero-order chi connectivity index (χ0) is 23.3. The summed E-state index contributed by atoms with van der Waals surface area (Å²) in [5, 5.41) is 2.57. The maximum atomic E-state index is 13.4. The quantitative estimate of drug-likeness (QED) is 0.677. The fourth-order valence-electron chi connectivity index (χ4n) is 3.57. The maximum absolute atomic E-state index is 13.4. The average molecular weight is 446 g/mol. The average Bonchev–Trinajstić information content (AvgIpc) is 2.69. The highest BCUT2D eigenvalue weighted by atomic mass is 32.2. The van der Waals surface area contributed by atoms with E-state index in [-0.39, 0.29) is 12.5 Å². The molecule has 1 N–H and O–H groups in total. The molecule has 2 aromatic carbocycles. The Morgan fingerprint density at radius 3 is 2.13 bits per heavy atom. The summed E-state index contributed by atoms with van der Waals surface area (Å²) < 4.78 is 26.4. The van der Waals surface area contributed by atoms with Gasteiger partial charge in [0.25, 0.3) is 0 Å². The van der Waals surface area contributed by atoms with Gasteiger partial charge in [0.05, 0.1) is 11.9 Å². The van der Waals surface area contributed by atoms with Crippen LogP contribution in [0.15, 0.2) is 42.5 Å². The lowest BCUT2D eigenvalue weighted by Gasteiger charge is -2.32. The second kappa shape index (κ2) is 9.96. The number of nitrogens with one attached hydrogen (secondary N) is 1. The number of nitrogens with zero attached hydrogens (tertiary/aromatic N) is 2. The molecule has 0 heterocycles. The molecule has 0 spiro atoms. The molecule has 2 amide bonds. The molecule has 0 radical (unpaired) electrons. The van der Waals surface area contributed by atoms with Crippen molar-refractivity contribution in [1.29, 1.82) is 0 Å². The summed E-state index contributed by atoms with van der Waals surface area (Å²) in [6.45, 7) is 7.00. The van der Waals surface area contributed by atoms with Crippen molar-refractivity contribution in [3.63, 3.8) is 0 Å². The molecule has 7 nitrogen and oxygen atoms in total. The van der Waals surface area contributed by atoms with Gasteiger partial charge in [-0.3, -0.25) is 13.9 Å². The van der Waals surface area contributed by atoms with Gasteiger partial charge in [-0.25, -0.2) is 8.42 Å². The van der Waals surface area contributed by atoms with Crippen LogP contribution in [0.3, 0.4) is 0 Å². The predicted octanol–water partition coefficient (Wildman–Crippen LogP) is 2.54. The van der Waals surface area contributed by atoms with Crippen molar-refractivity contribution in [3.05, 3.63) is 64.7 Å². The number of hydrogen-bond donors (Lipinski definition) is 1. The first-order valence-electron chi connectivity index (χ1n) is 10.1. The van der Waals surface area contributed by atoms with E-state index in [9.17, 15) is 18.0 Å². The van der Waals surface area contributed by atoms with Crippen LogP contribution in [0.5, 0.6) is 0 Å². The second-order valence-electron chi connectivity index (χ2n) is 7.81. The van der Waals surface area contributed by atoms with E-state index in [1.807, 2.05) is 63.2 Å². The minimum Gasteiger partial charge on any atom is -0.357 e. The first-order valence-corrected chi connectivity index (χ1v) is 11.9. The van der Waals surface area contributed by atoms with Crippen molar-refractivity contribution < 1.29 is 18.0 Å². The third-order valence-corrected chi connectivity index (χ3v) is 6.33. The van der Waals surface area contributed by atoms with Crippen LogP contribution in [0.4, 0.5) is 5.69 Å². The summed E-state index contributed by atoms with van der Waals surface area (Å²) >= 11 is 0. The van der Waals surface area contributed by atoms with Crippen LogP contribution in [0, 0.1) is 20.8 Å². The van der Waals surface area contributed by atoms with Crippen LogP contribution in [0.2, 0.25) is 0 Å². The number of sulfonamides is 1. The van der Waals surface area contributed by atoms with Crippen molar-refractivity contribution in [3.8, 4) is 0 Å². The van der Waals surface area contributed by atoms with E-state index in [1.165, 1.54) is 11.9 Å². The van der Waals surface area contributed by atoms with Crippen LogP contribution in [-0.4, -0.2) is 51.0 Å². The molecule has 0 fully saturated rings. The van der Waals surface area contributed by atoms with E-state index in [1.54, 1.807) is 6.92 Å². The van der Waals surface area contributed by atoms with Crippen molar-refractivity contribution in [2.75, 3.05) is 24.2 Å². The molecular formula is C23H31N3O4S. The van der Waals surface area contributed by atoms with Gasteiger partial charge in [0.1, 0.15) is 12.6 Å². The number of amides is 2. The molecule has 2 aromatic rings. The summed E-state index contributed by atoms with van der Waals surface area (Å²) in [6.07, 6.45) is 1.08. The van der Waals surface area contributed by atoms with Gasteiger partial charge in [0.15, 0.2) is 0 Å². The Labute approximate surface area is 185 Å². The minimum absolute atomic E-state index is 0.194. The largest absolute Gasteiger partial charge is 0.357 e. The van der Waals surface area contributed by atoms with Crippen molar-refractivity contribution in [1.82, 2.24) is 10.2 Å². The normalized spacial score (nSPS) is 12.2. The van der Waals surface area contributed by atoms with E-state index in [4.69, 9.17) is 0 Å². The summed E-state index contributed by atoms with van der Waals surface area (Å²) in [5.74, 6) is -0.773. The molecule has 0 aliphatic rings. The monoisotopic (exact) mass is 445 g/mol. The first-order chi connectivity index (χ1) is 14.5. The van der Waals surface area contributed by atoms with Gasteiger partial charge in [0.2, 0.25) is 21.8 Å². The zero-order valence-corrected chi connectivity index (χ0v) is 19.8. The number of carbonyl (C=O) groups excluding carboxylic acids is 2. The lowest BCUT2D eigenvalue weighted by molar-refractivity contribution is -0.139. The topological polar surface area (TPSA) is 86.8 Å². The van der Waals surface area contributed by atoms with Crippen LogP contribution < -0.4 is 9.62 Å². The zero-order valence-electron chi connectivity index (χ0n) is 19.0. The Kier molecular flexibility index (Phi) is 7.84. The van der Waals surface area contributed by atoms with Gasteiger partial charge >= 0.3 is 0 Å². The van der Waals surface area contributed by atoms with Crippen LogP contribution in [0.25, 0.3) is 0 Å². The Bertz CT molecular complexity index is 1050. The highest BCUT2D eigenvalue weighted by Gasteiger charge is 2.30. The van der Waals surface area contributed by atoms with E-state index in [2.05, 4.69) is 5.32 Å². The fourth-order valence-corrected chi connectivity index (χ4v) is 4.54. The molecule has 0 saturated carbocycles. The summed E-state index contributed by atoms with van der Waals surface area (Å²) in [4.78, 5) is 27.1. The molecule has 0 aliphatic heterocycles. The number of aryl methyl sites for hydroxylation is 3. The number of rotatable bonds is 8. The highest BCUT2D eigenvalue weighted by Crippen LogP contribution is 2.27. The van der Waals surface area contributed by atoms with Gasteiger partial charge < -0.3 is 10.2 Å². The van der Waals surface area contributed by atoms with Crippen LogP contribution in [-0.2, 0) is 26.2 Å². The van der Waals surface area contributed by atoms with Crippen LogP contribution >= 0.6 is 0 Å². The standard InChI is InChI=1S/C23H31N3O4S/c1-16-9-7-12-20(13-16)14-25(19(4)23(28)24-5)21(27)15-26(31(6,29)30)22-17(2)10-8-11-18(22)3/h7-13,19H,14-15H2,1-6H3,(H,24,28)/t19-/m1/s1. The smallest absolute Gasteiger partial charge is 0.244 e. The fraction of sp³-hybridized carbons (Fsp3) is 0.391. The van der Waals surface area contributed by atoms with E-state index in [0.29, 0.717) is 5.69 Å². The predicted molar refractivity (Wildman–Crippen MR) is 123 cm³/mol. The third-order valence-electron chi connectivity index (χ3n) is 5.22. The number of hydrogen-bond acceptors (Lipinski definition) is 4. The number of para-hydroxylation sites is 1.